The highest BCUT2D eigenvalue weighted by atomic mass is 32.2. The summed E-state index contributed by atoms with van der Waals surface area (Å²) in [6.45, 7) is 7.92. The second kappa shape index (κ2) is 8.15. The van der Waals surface area contributed by atoms with Crippen LogP contribution in [-0.4, -0.2) is 58.3 Å². The fourth-order valence-corrected chi connectivity index (χ4v) is 4.68. The number of nitro benzene ring substituents is 1. The van der Waals surface area contributed by atoms with Crippen molar-refractivity contribution < 1.29 is 9.72 Å². The Kier molecular flexibility index (Phi) is 5.90. The summed E-state index contributed by atoms with van der Waals surface area (Å²) in [6.07, 6.45) is 0. The first-order valence-electron chi connectivity index (χ1n) is 8.38. The van der Waals surface area contributed by atoms with Gasteiger partial charge in [0, 0.05) is 48.9 Å². The summed E-state index contributed by atoms with van der Waals surface area (Å²) in [4.78, 5) is 32.6. The van der Waals surface area contributed by atoms with E-state index in [0.717, 1.165) is 29.7 Å². The molecule has 0 atom stereocenters. The van der Waals surface area contributed by atoms with Gasteiger partial charge in [-0.3, -0.25) is 14.9 Å². The second-order valence-electron chi connectivity index (χ2n) is 6.02. The Morgan fingerprint density at radius 1 is 1.35 bits per heavy atom. The fourth-order valence-electron chi connectivity index (χ4n) is 2.80. The van der Waals surface area contributed by atoms with Gasteiger partial charge in [-0.15, -0.1) is 11.3 Å². The lowest BCUT2D eigenvalue weighted by Crippen LogP contribution is -2.48. The number of amides is 1. The molecule has 26 heavy (non-hydrogen) atoms. The van der Waals surface area contributed by atoms with E-state index in [9.17, 15) is 14.9 Å². The van der Waals surface area contributed by atoms with Crippen LogP contribution >= 0.6 is 23.1 Å². The monoisotopic (exact) mass is 392 g/mol. The number of aromatic nitrogens is 1. The van der Waals surface area contributed by atoms with E-state index in [4.69, 9.17) is 0 Å². The smallest absolute Gasteiger partial charge is 0.284 e. The van der Waals surface area contributed by atoms with E-state index in [1.54, 1.807) is 17.0 Å². The van der Waals surface area contributed by atoms with Crippen LogP contribution in [0.5, 0.6) is 0 Å². The molecule has 0 unspecified atom stereocenters. The number of likely N-dealkylation sites (N-methyl/N-ethyl adjacent to an activating group) is 1. The second-order valence-corrected chi connectivity index (χ2v) is 8.17. The summed E-state index contributed by atoms with van der Waals surface area (Å²) in [7, 11) is 0. The number of nitro groups is 1. The summed E-state index contributed by atoms with van der Waals surface area (Å²) in [6, 6.07) is 4.71. The number of thiazole rings is 1. The van der Waals surface area contributed by atoms with Crippen LogP contribution in [0, 0.1) is 17.0 Å². The summed E-state index contributed by atoms with van der Waals surface area (Å²) in [5.74, 6) is -0.148. The topological polar surface area (TPSA) is 79.6 Å². The predicted octanol–water partition coefficient (Wildman–Crippen LogP) is 3.29. The van der Waals surface area contributed by atoms with E-state index in [-0.39, 0.29) is 11.6 Å². The number of carbonyl (C=O) groups excluding carboxylic acids is 1. The molecule has 0 bridgehead atoms. The van der Waals surface area contributed by atoms with Crippen molar-refractivity contribution in [2.45, 2.75) is 23.1 Å². The highest BCUT2D eigenvalue weighted by Crippen LogP contribution is 2.37. The zero-order chi connectivity index (χ0) is 18.7. The van der Waals surface area contributed by atoms with Crippen LogP contribution in [0.15, 0.2) is 32.8 Å². The minimum Gasteiger partial charge on any atom is -0.336 e. The molecule has 0 N–H and O–H groups in total. The summed E-state index contributed by atoms with van der Waals surface area (Å²) < 4.78 is 0.750. The van der Waals surface area contributed by atoms with Crippen molar-refractivity contribution in [2.75, 3.05) is 32.7 Å². The van der Waals surface area contributed by atoms with E-state index in [1.807, 2.05) is 12.3 Å². The van der Waals surface area contributed by atoms with Crippen molar-refractivity contribution >= 4 is 34.7 Å². The molecule has 0 saturated carbocycles. The Bertz CT molecular complexity index is 816. The van der Waals surface area contributed by atoms with Gasteiger partial charge < -0.3 is 9.80 Å². The zero-order valence-corrected chi connectivity index (χ0v) is 16.3. The third-order valence-corrected chi connectivity index (χ3v) is 6.43. The molecule has 7 nitrogen and oxygen atoms in total. The average Bonchev–Trinajstić information content (AvgIpc) is 3.06. The van der Waals surface area contributed by atoms with Gasteiger partial charge in [0.05, 0.1) is 9.82 Å². The van der Waals surface area contributed by atoms with Gasteiger partial charge in [-0.2, -0.15) is 0 Å². The SMILES string of the molecule is CCN1CCN(C(=O)c2ccc(Sc3nc(C)cs3)c([N+](=O)[O-])c2)CC1. The molecule has 1 aliphatic rings. The third kappa shape index (κ3) is 4.22. The molecule has 1 aliphatic heterocycles. The molecular weight excluding hydrogens is 372 g/mol. The van der Waals surface area contributed by atoms with E-state index in [2.05, 4.69) is 16.8 Å². The maximum absolute atomic E-state index is 12.7. The normalized spacial score (nSPS) is 15.2. The predicted molar refractivity (Wildman–Crippen MR) is 102 cm³/mol. The first-order valence-corrected chi connectivity index (χ1v) is 10.1. The van der Waals surface area contributed by atoms with E-state index in [0.29, 0.717) is 23.5 Å². The third-order valence-electron chi connectivity index (χ3n) is 4.30. The molecule has 2 aromatic rings. The highest BCUT2D eigenvalue weighted by molar-refractivity contribution is 8.01. The van der Waals surface area contributed by atoms with Gasteiger partial charge in [0.15, 0.2) is 4.34 Å². The van der Waals surface area contributed by atoms with Crippen LogP contribution < -0.4 is 0 Å². The van der Waals surface area contributed by atoms with Gasteiger partial charge in [0.2, 0.25) is 0 Å². The van der Waals surface area contributed by atoms with Gasteiger partial charge in [0.25, 0.3) is 11.6 Å². The minimum atomic E-state index is -0.436. The molecule has 1 fully saturated rings. The molecule has 0 radical (unpaired) electrons. The van der Waals surface area contributed by atoms with Gasteiger partial charge >= 0.3 is 0 Å². The number of benzene rings is 1. The first-order chi connectivity index (χ1) is 12.5. The van der Waals surface area contributed by atoms with Gasteiger partial charge in [-0.25, -0.2) is 4.98 Å². The number of hydrogen-bond donors (Lipinski definition) is 0. The van der Waals surface area contributed by atoms with Crippen LogP contribution in [0.3, 0.4) is 0 Å². The van der Waals surface area contributed by atoms with Crippen molar-refractivity contribution in [1.82, 2.24) is 14.8 Å². The molecule has 3 rings (SSSR count). The Morgan fingerprint density at radius 2 is 2.08 bits per heavy atom. The maximum atomic E-state index is 12.7. The molecule has 0 aliphatic carbocycles. The molecule has 1 aromatic heterocycles. The minimum absolute atomic E-state index is 0.0547. The Morgan fingerprint density at radius 3 is 2.65 bits per heavy atom. The number of rotatable bonds is 5. The Hall–Kier alpha value is -1.97. The number of aryl methyl sites for hydroxylation is 1. The van der Waals surface area contributed by atoms with Crippen molar-refractivity contribution in [3.63, 3.8) is 0 Å². The fraction of sp³-hybridized carbons (Fsp3) is 0.412. The lowest BCUT2D eigenvalue weighted by Gasteiger charge is -2.34. The van der Waals surface area contributed by atoms with Crippen LogP contribution in [-0.2, 0) is 0 Å². The molecule has 1 saturated heterocycles. The highest BCUT2D eigenvalue weighted by Gasteiger charge is 2.24. The van der Waals surface area contributed by atoms with Crippen LogP contribution in [0.25, 0.3) is 0 Å². The van der Waals surface area contributed by atoms with E-state index in [1.165, 1.54) is 29.2 Å². The lowest BCUT2D eigenvalue weighted by molar-refractivity contribution is -0.387. The zero-order valence-electron chi connectivity index (χ0n) is 14.7. The first kappa shape index (κ1) is 18.8. The maximum Gasteiger partial charge on any atom is 0.284 e. The molecule has 1 aromatic carbocycles. The standard InChI is InChI=1S/C17H20N4O3S2/c1-3-19-6-8-20(9-7-19)16(22)13-4-5-15(14(10-13)21(23)24)26-17-18-12(2)11-25-17/h4-5,10-11H,3,6-9H2,1-2H3. The molecule has 1 amide bonds. The number of nitrogens with zero attached hydrogens (tertiary/aromatic N) is 4. The summed E-state index contributed by atoms with van der Waals surface area (Å²) >= 11 is 2.71. The van der Waals surface area contributed by atoms with Crippen molar-refractivity contribution in [1.29, 1.82) is 0 Å². The quantitative estimate of drug-likeness (QED) is 0.574. The molecular formula is C17H20N4O3S2. The average molecular weight is 393 g/mol. The van der Waals surface area contributed by atoms with Crippen LogP contribution in [0.4, 0.5) is 5.69 Å². The number of carbonyl (C=O) groups is 1. The van der Waals surface area contributed by atoms with Crippen molar-refractivity contribution in [2.24, 2.45) is 0 Å². The number of hydrogen-bond acceptors (Lipinski definition) is 7. The Balaban J connectivity index is 1.79. The van der Waals surface area contributed by atoms with Crippen molar-refractivity contribution in [3.8, 4) is 0 Å². The van der Waals surface area contributed by atoms with Gasteiger partial charge in [-0.1, -0.05) is 18.7 Å². The molecule has 9 heteroatoms. The Labute approximate surface area is 160 Å². The summed E-state index contributed by atoms with van der Waals surface area (Å²) in [5, 5.41) is 13.4. The lowest BCUT2D eigenvalue weighted by atomic mass is 10.1. The molecule has 0 spiro atoms. The molecule has 138 valence electrons. The van der Waals surface area contributed by atoms with E-state index < -0.39 is 4.92 Å². The van der Waals surface area contributed by atoms with Crippen molar-refractivity contribution in [3.05, 3.63) is 45.0 Å². The van der Waals surface area contributed by atoms with Gasteiger partial charge in [0.1, 0.15) is 0 Å². The van der Waals surface area contributed by atoms with Gasteiger partial charge in [-0.05, 0) is 25.6 Å². The van der Waals surface area contributed by atoms with Crippen LogP contribution in [0.2, 0.25) is 0 Å². The number of piperazine rings is 1. The van der Waals surface area contributed by atoms with E-state index >= 15 is 0 Å². The summed E-state index contributed by atoms with van der Waals surface area (Å²) in [5.41, 5.74) is 1.19. The van der Waals surface area contributed by atoms with Crippen LogP contribution in [0.1, 0.15) is 23.0 Å². The molecule has 2 heterocycles. The largest absolute Gasteiger partial charge is 0.336 e.